The van der Waals surface area contributed by atoms with Crippen LogP contribution < -0.4 is 5.32 Å². The van der Waals surface area contributed by atoms with Crippen molar-refractivity contribution in [2.45, 2.75) is 19.4 Å². The van der Waals surface area contributed by atoms with Crippen molar-refractivity contribution in [3.05, 3.63) is 65.5 Å². The van der Waals surface area contributed by atoms with E-state index in [2.05, 4.69) is 10.3 Å². The van der Waals surface area contributed by atoms with Crippen LogP contribution in [-0.4, -0.2) is 30.0 Å². The molecular weight excluding hydrogens is 280 g/mol. The van der Waals surface area contributed by atoms with Crippen molar-refractivity contribution < 1.29 is 14.3 Å². The molecule has 0 saturated carbocycles. The van der Waals surface area contributed by atoms with Gasteiger partial charge in [-0.15, -0.1) is 0 Å². The summed E-state index contributed by atoms with van der Waals surface area (Å²) in [6, 6.07) is 10.4. The molecule has 1 aromatic carbocycles. The Bertz CT molecular complexity index is 639. The third-order valence-electron chi connectivity index (χ3n) is 3.28. The number of carbonyl (C=O) groups excluding carboxylic acids is 2. The van der Waals surface area contributed by atoms with Gasteiger partial charge >= 0.3 is 5.97 Å². The van der Waals surface area contributed by atoms with Crippen molar-refractivity contribution >= 4 is 11.9 Å². The summed E-state index contributed by atoms with van der Waals surface area (Å²) in [6.45, 7) is 1.99. The first-order chi connectivity index (χ1) is 10.6. The maximum atomic E-state index is 12.2. The summed E-state index contributed by atoms with van der Waals surface area (Å²) in [5, 5.41) is 2.69. The second-order valence-electron chi connectivity index (χ2n) is 4.98. The fourth-order valence-electron chi connectivity index (χ4n) is 2.03. The Morgan fingerprint density at radius 2 is 1.95 bits per heavy atom. The number of nitrogens with one attached hydrogen (secondary N) is 1. The molecule has 0 radical (unpaired) electrons. The number of hydrogen-bond acceptors (Lipinski definition) is 4. The quantitative estimate of drug-likeness (QED) is 0.856. The van der Waals surface area contributed by atoms with Gasteiger partial charge in [-0.2, -0.15) is 0 Å². The zero-order valence-corrected chi connectivity index (χ0v) is 12.6. The Hall–Kier alpha value is -2.69. The number of methoxy groups -OCH3 is 1. The normalized spacial score (nSPS) is 11.5. The number of esters is 1. The Kier molecular flexibility index (Phi) is 5.25. The molecule has 1 atom stereocenters. The summed E-state index contributed by atoms with van der Waals surface area (Å²) >= 11 is 0. The average Bonchev–Trinajstić information content (AvgIpc) is 2.56. The average molecular weight is 298 g/mol. The molecule has 0 fully saturated rings. The molecule has 0 spiro atoms. The number of aryl methyl sites for hydroxylation is 1. The number of pyridine rings is 1. The van der Waals surface area contributed by atoms with E-state index in [0.29, 0.717) is 12.0 Å². The SMILES string of the molecule is COC(=O)[C@H](Cc1ccc(C)cc1)NC(=O)c1cccnc1. The second-order valence-corrected chi connectivity index (χ2v) is 4.98. The van der Waals surface area contributed by atoms with Gasteiger partial charge in [-0.3, -0.25) is 9.78 Å². The molecule has 0 aliphatic rings. The smallest absolute Gasteiger partial charge is 0.328 e. The van der Waals surface area contributed by atoms with Crippen LogP contribution in [0.15, 0.2) is 48.8 Å². The van der Waals surface area contributed by atoms with Crippen LogP contribution in [0.25, 0.3) is 0 Å². The monoisotopic (exact) mass is 298 g/mol. The summed E-state index contributed by atoms with van der Waals surface area (Å²) in [5.41, 5.74) is 2.49. The molecule has 2 aromatic rings. The van der Waals surface area contributed by atoms with Gasteiger partial charge in [0.2, 0.25) is 0 Å². The lowest BCUT2D eigenvalue weighted by molar-refractivity contribution is -0.142. The van der Waals surface area contributed by atoms with Gasteiger partial charge in [-0.05, 0) is 24.6 Å². The lowest BCUT2D eigenvalue weighted by Crippen LogP contribution is -2.43. The molecular formula is C17H18N2O3. The molecule has 1 aromatic heterocycles. The zero-order valence-electron chi connectivity index (χ0n) is 12.6. The molecule has 0 bridgehead atoms. The van der Waals surface area contributed by atoms with Crippen LogP contribution in [0.2, 0.25) is 0 Å². The number of aromatic nitrogens is 1. The van der Waals surface area contributed by atoms with E-state index in [1.165, 1.54) is 13.3 Å². The first-order valence-corrected chi connectivity index (χ1v) is 6.94. The van der Waals surface area contributed by atoms with Gasteiger partial charge in [0.25, 0.3) is 5.91 Å². The molecule has 0 aliphatic heterocycles. The molecule has 1 N–H and O–H groups in total. The van der Waals surface area contributed by atoms with Crippen molar-refractivity contribution in [1.82, 2.24) is 10.3 Å². The van der Waals surface area contributed by atoms with Crippen molar-refractivity contribution in [1.29, 1.82) is 0 Å². The van der Waals surface area contributed by atoms with E-state index in [4.69, 9.17) is 4.74 Å². The maximum Gasteiger partial charge on any atom is 0.328 e. The first-order valence-electron chi connectivity index (χ1n) is 6.94. The van der Waals surface area contributed by atoms with Gasteiger partial charge in [-0.1, -0.05) is 29.8 Å². The fraction of sp³-hybridized carbons (Fsp3) is 0.235. The molecule has 5 heteroatoms. The fourth-order valence-corrected chi connectivity index (χ4v) is 2.03. The third-order valence-corrected chi connectivity index (χ3v) is 3.28. The Morgan fingerprint density at radius 1 is 1.23 bits per heavy atom. The van der Waals surface area contributed by atoms with Crippen LogP contribution in [-0.2, 0) is 16.0 Å². The summed E-state index contributed by atoms with van der Waals surface area (Å²) in [5.74, 6) is -0.826. The third kappa shape index (κ3) is 4.15. The Labute approximate surface area is 129 Å². The number of ether oxygens (including phenoxy) is 1. The maximum absolute atomic E-state index is 12.2. The highest BCUT2D eigenvalue weighted by Crippen LogP contribution is 2.08. The molecule has 1 amide bonds. The number of nitrogens with zero attached hydrogens (tertiary/aromatic N) is 1. The van der Waals surface area contributed by atoms with Gasteiger partial charge in [0.15, 0.2) is 0 Å². The lowest BCUT2D eigenvalue weighted by Gasteiger charge is -2.16. The molecule has 5 nitrogen and oxygen atoms in total. The topological polar surface area (TPSA) is 68.3 Å². The highest BCUT2D eigenvalue weighted by molar-refractivity contribution is 5.96. The summed E-state index contributed by atoms with van der Waals surface area (Å²) < 4.78 is 4.78. The van der Waals surface area contributed by atoms with E-state index in [1.807, 2.05) is 31.2 Å². The minimum atomic E-state index is -0.736. The van der Waals surface area contributed by atoms with Gasteiger partial charge in [0.05, 0.1) is 12.7 Å². The number of benzene rings is 1. The van der Waals surface area contributed by atoms with E-state index in [0.717, 1.165) is 11.1 Å². The molecule has 0 aliphatic carbocycles. The molecule has 114 valence electrons. The van der Waals surface area contributed by atoms with Crippen LogP contribution >= 0.6 is 0 Å². The minimum Gasteiger partial charge on any atom is -0.467 e. The number of amides is 1. The van der Waals surface area contributed by atoms with Crippen LogP contribution in [0.3, 0.4) is 0 Å². The Balaban J connectivity index is 2.11. The Morgan fingerprint density at radius 3 is 2.55 bits per heavy atom. The lowest BCUT2D eigenvalue weighted by atomic mass is 10.0. The number of carbonyl (C=O) groups is 2. The largest absolute Gasteiger partial charge is 0.467 e. The van der Waals surface area contributed by atoms with Crippen LogP contribution in [0.4, 0.5) is 0 Å². The van der Waals surface area contributed by atoms with Crippen LogP contribution in [0, 0.1) is 6.92 Å². The summed E-state index contributed by atoms with van der Waals surface area (Å²) in [7, 11) is 1.31. The zero-order chi connectivity index (χ0) is 15.9. The molecule has 0 saturated heterocycles. The highest BCUT2D eigenvalue weighted by atomic mass is 16.5. The molecule has 0 unspecified atom stereocenters. The standard InChI is InChI=1S/C17H18N2O3/c1-12-5-7-13(8-6-12)10-15(17(21)22-2)19-16(20)14-4-3-9-18-11-14/h3-9,11,15H,10H2,1-2H3,(H,19,20)/t15-/m0/s1. The van der Waals surface area contributed by atoms with E-state index in [-0.39, 0.29) is 5.91 Å². The van der Waals surface area contributed by atoms with Crippen molar-refractivity contribution in [2.24, 2.45) is 0 Å². The minimum absolute atomic E-state index is 0.351. The predicted molar refractivity (Wildman–Crippen MR) is 82.4 cm³/mol. The number of hydrogen-bond donors (Lipinski definition) is 1. The van der Waals surface area contributed by atoms with Crippen LogP contribution in [0.5, 0.6) is 0 Å². The summed E-state index contributed by atoms with van der Waals surface area (Å²) in [4.78, 5) is 28.0. The van der Waals surface area contributed by atoms with E-state index in [9.17, 15) is 9.59 Å². The van der Waals surface area contributed by atoms with E-state index >= 15 is 0 Å². The molecule has 22 heavy (non-hydrogen) atoms. The predicted octanol–water partition coefficient (Wildman–Crippen LogP) is 1.90. The van der Waals surface area contributed by atoms with E-state index in [1.54, 1.807) is 18.3 Å². The van der Waals surface area contributed by atoms with Gasteiger partial charge < -0.3 is 10.1 Å². The summed E-state index contributed by atoms with van der Waals surface area (Å²) in [6.07, 6.45) is 3.41. The van der Waals surface area contributed by atoms with Crippen molar-refractivity contribution in [3.8, 4) is 0 Å². The van der Waals surface area contributed by atoms with Gasteiger partial charge in [0, 0.05) is 18.8 Å². The van der Waals surface area contributed by atoms with Crippen molar-refractivity contribution in [3.63, 3.8) is 0 Å². The number of rotatable bonds is 5. The first kappa shape index (κ1) is 15.7. The van der Waals surface area contributed by atoms with Gasteiger partial charge in [-0.25, -0.2) is 4.79 Å². The van der Waals surface area contributed by atoms with E-state index < -0.39 is 12.0 Å². The van der Waals surface area contributed by atoms with Crippen LogP contribution in [0.1, 0.15) is 21.5 Å². The molecule has 1 heterocycles. The molecule has 2 rings (SSSR count). The van der Waals surface area contributed by atoms with Crippen molar-refractivity contribution in [2.75, 3.05) is 7.11 Å². The van der Waals surface area contributed by atoms with Gasteiger partial charge in [0.1, 0.15) is 6.04 Å². The highest BCUT2D eigenvalue weighted by Gasteiger charge is 2.22. The second kappa shape index (κ2) is 7.36.